The van der Waals surface area contributed by atoms with Crippen LogP contribution in [0.15, 0.2) is 48.5 Å². The van der Waals surface area contributed by atoms with Crippen molar-refractivity contribution in [2.24, 2.45) is 11.8 Å². The molecule has 1 saturated carbocycles. The number of methoxy groups -OCH3 is 1. The Balaban J connectivity index is 1.34. The van der Waals surface area contributed by atoms with E-state index in [2.05, 4.69) is 18.3 Å². The highest BCUT2D eigenvalue weighted by molar-refractivity contribution is 5.98. The van der Waals surface area contributed by atoms with Crippen molar-refractivity contribution in [1.29, 1.82) is 0 Å². The van der Waals surface area contributed by atoms with Crippen LogP contribution in [-0.4, -0.2) is 25.0 Å². The number of hydrogen-bond acceptors (Lipinski definition) is 3. The topological polar surface area (TPSA) is 58.6 Å². The first-order chi connectivity index (χ1) is 14.1. The largest absolute Gasteiger partial charge is 0.497 e. The number of fused-ring (bicyclic) bond motifs is 1. The molecule has 5 nitrogen and oxygen atoms in total. The van der Waals surface area contributed by atoms with E-state index in [4.69, 9.17) is 4.74 Å². The zero-order chi connectivity index (χ0) is 20.4. The molecule has 0 spiro atoms. The van der Waals surface area contributed by atoms with Crippen LogP contribution in [-0.2, 0) is 16.0 Å². The smallest absolute Gasteiger partial charge is 0.230 e. The van der Waals surface area contributed by atoms with Gasteiger partial charge in [0.1, 0.15) is 5.75 Å². The first kappa shape index (κ1) is 19.5. The molecule has 0 aromatic heterocycles. The quantitative estimate of drug-likeness (QED) is 0.838. The highest BCUT2D eigenvalue weighted by Gasteiger charge is 2.37. The number of ether oxygens (including phenoxy) is 1. The minimum absolute atomic E-state index is 0.00800. The molecule has 1 unspecified atom stereocenters. The van der Waals surface area contributed by atoms with Crippen molar-refractivity contribution in [3.05, 3.63) is 54.1 Å². The summed E-state index contributed by atoms with van der Waals surface area (Å²) in [5.41, 5.74) is 3.08. The lowest BCUT2D eigenvalue weighted by molar-refractivity contribution is -0.126. The number of rotatable bonds is 4. The number of carbonyl (C=O) groups excluding carboxylic acids is 2. The van der Waals surface area contributed by atoms with Crippen LogP contribution in [0.2, 0.25) is 0 Å². The van der Waals surface area contributed by atoms with Crippen molar-refractivity contribution in [3.63, 3.8) is 0 Å². The summed E-state index contributed by atoms with van der Waals surface area (Å²) in [6.07, 6.45) is 3.96. The molecule has 0 bridgehead atoms. The summed E-state index contributed by atoms with van der Waals surface area (Å²) in [6, 6.07) is 15.8. The number of nitrogens with zero attached hydrogens (tertiary/aromatic N) is 1. The highest BCUT2D eigenvalue weighted by atomic mass is 16.5. The van der Waals surface area contributed by atoms with Crippen molar-refractivity contribution >= 4 is 23.2 Å². The first-order valence-electron chi connectivity index (χ1n) is 10.4. The molecule has 0 saturated heterocycles. The van der Waals surface area contributed by atoms with Crippen LogP contribution in [0.1, 0.15) is 38.2 Å². The van der Waals surface area contributed by atoms with Crippen LogP contribution in [0.4, 0.5) is 11.4 Å². The normalized spacial score (nSPS) is 23.4. The maximum absolute atomic E-state index is 13.2. The fraction of sp³-hybridized carbons (Fsp3) is 0.417. The van der Waals surface area contributed by atoms with Gasteiger partial charge in [-0.1, -0.05) is 18.2 Å². The molecule has 1 heterocycles. The summed E-state index contributed by atoms with van der Waals surface area (Å²) >= 11 is 0. The lowest BCUT2D eigenvalue weighted by Gasteiger charge is -2.32. The Hall–Kier alpha value is -2.82. The molecule has 2 aliphatic rings. The third-order valence-corrected chi connectivity index (χ3v) is 6.25. The second-order valence-corrected chi connectivity index (χ2v) is 8.16. The van der Waals surface area contributed by atoms with Gasteiger partial charge in [0.2, 0.25) is 11.8 Å². The zero-order valence-electron chi connectivity index (χ0n) is 17.1. The number of anilines is 2. The standard InChI is InChI=1S/C24H28N2O3/c1-16-15-19-5-3-4-6-22(19)26(16)24(28)18-9-7-17(8-10-18)23(27)25-20-11-13-21(29-2)14-12-20/h3-6,11-14,16-18H,7-10,15H2,1-2H3,(H,25,27). The molecule has 1 aliphatic heterocycles. The van der Waals surface area contributed by atoms with Gasteiger partial charge in [-0.05, 0) is 74.9 Å². The Bertz CT molecular complexity index is 885. The molecule has 2 amide bonds. The molecule has 2 aromatic rings. The van der Waals surface area contributed by atoms with E-state index in [1.54, 1.807) is 7.11 Å². The lowest BCUT2D eigenvalue weighted by atomic mass is 9.80. The Morgan fingerprint density at radius 2 is 1.62 bits per heavy atom. The van der Waals surface area contributed by atoms with Gasteiger partial charge in [0.25, 0.3) is 0 Å². The number of amides is 2. The molecule has 1 fully saturated rings. The average molecular weight is 392 g/mol. The summed E-state index contributed by atoms with van der Waals surface area (Å²) in [5.74, 6) is 0.996. The number of carbonyl (C=O) groups is 2. The first-order valence-corrected chi connectivity index (χ1v) is 10.4. The van der Waals surface area contributed by atoms with Crippen LogP contribution in [0.3, 0.4) is 0 Å². The minimum atomic E-state index is -0.0376. The predicted molar refractivity (Wildman–Crippen MR) is 114 cm³/mol. The Morgan fingerprint density at radius 1 is 0.966 bits per heavy atom. The molecule has 2 aromatic carbocycles. The van der Waals surface area contributed by atoms with Gasteiger partial charge in [-0.25, -0.2) is 0 Å². The molecular weight excluding hydrogens is 364 g/mol. The van der Waals surface area contributed by atoms with Crippen LogP contribution >= 0.6 is 0 Å². The van der Waals surface area contributed by atoms with Crippen molar-refractivity contribution in [3.8, 4) is 5.75 Å². The Kier molecular flexibility index (Phi) is 5.56. The van der Waals surface area contributed by atoms with Gasteiger partial charge < -0.3 is 15.0 Å². The van der Waals surface area contributed by atoms with E-state index in [9.17, 15) is 9.59 Å². The molecule has 1 N–H and O–H groups in total. The van der Waals surface area contributed by atoms with Gasteiger partial charge in [0, 0.05) is 29.3 Å². The molecule has 1 atom stereocenters. The molecule has 0 radical (unpaired) electrons. The van der Waals surface area contributed by atoms with E-state index in [-0.39, 0.29) is 29.7 Å². The fourth-order valence-electron chi connectivity index (χ4n) is 4.62. The van der Waals surface area contributed by atoms with Gasteiger partial charge in [0.05, 0.1) is 7.11 Å². The maximum Gasteiger partial charge on any atom is 0.230 e. The third-order valence-electron chi connectivity index (χ3n) is 6.25. The summed E-state index contributed by atoms with van der Waals surface area (Å²) < 4.78 is 5.15. The fourth-order valence-corrected chi connectivity index (χ4v) is 4.62. The number of benzene rings is 2. The van der Waals surface area contributed by atoms with E-state index < -0.39 is 0 Å². The van der Waals surface area contributed by atoms with E-state index >= 15 is 0 Å². The summed E-state index contributed by atoms with van der Waals surface area (Å²) in [5, 5.41) is 2.99. The van der Waals surface area contributed by atoms with Crippen molar-refractivity contribution in [2.45, 2.75) is 45.1 Å². The summed E-state index contributed by atoms with van der Waals surface area (Å²) in [6.45, 7) is 2.12. The third kappa shape index (κ3) is 4.00. The maximum atomic E-state index is 13.2. The van der Waals surface area contributed by atoms with Gasteiger partial charge in [-0.15, -0.1) is 0 Å². The van der Waals surface area contributed by atoms with Crippen molar-refractivity contribution < 1.29 is 14.3 Å². The lowest BCUT2D eigenvalue weighted by Crippen LogP contribution is -2.42. The van der Waals surface area contributed by atoms with Crippen LogP contribution in [0, 0.1) is 11.8 Å². The highest BCUT2D eigenvalue weighted by Crippen LogP contribution is 2.37. The van der Waals surface area contributed by atoms with Gasteiger partial charge in [0.15, 0.2) is 0 Å². The zero-order valence-corrected chi connectivity index (χ0v) is 17.1. The Morgan fingerprint density at radius 3 is 2.31 bits per heavy atom. The second-order valence-electron chi connectivity index (χ2n) is 8.16. The predicted octanol–water partition coefficient (Wildman–Crippen LogP) is 4.42. The SMILES string of the molecule is COc1ccc(NC(=O)C2CCC(C(=O)N3c4ccccc4CC3C)CC2)cc1. The molecule has 1 aliphatic carbocycles. The molecule has 5 heteroatoms. The van der Waals surface area contributed by atoms with E-state index in [0.29, 0.717) is 0 Å². The number of nitrogens with one attached hydrogen (secondary N) is 1. The molecule has 4 rings (SSSR count). The van der Waals surface area contributed by atoms with E-state index in [1.165, 1.54) is 5.56 Å². The van der Waals surface area contributed by atoms with Crippen LogP contribution in [0.5, 0.6) is 5.75 Å². The summed E-state index contributed by atoms with van der Waals surface area (Å²) in [7, 11) is 1.62. The summed E-state index contributed by atoms with van der Waals surface area (Å²) in [4.78, 5) is 27.8. The van der Waals surface area contributed by atoms with Gasteiger partial charge in [-0.3, -0.25) is 9.59 Å². The Labute approximate surface area is 172 Å². The molecular formula is C24H28N2O3. The van der Waals surface area contributed by atoms with Gasteiger partial charge >= 0.3 is 0 Å². The molecule has 29 heavy (non-hydrogen) atoms. The average Bonchev–Trinajstić information content (AvgIpc) is 3.09. The number of hydrogen-bond donors (Lipinski definition) is 1. The number of para-hydroxylation sites is 1. The van der Waals surface area contributed by atoms with Crippen molar-refractivity contribution in [2.75, 3.05) is 17.3 Å². The minimum Gasteiger partial charge on any atom is -0.497 e. The monoisotopic (exact) mass is 392 g/mol. The second kappa shape index (κ2) is 8.27. The van der Waals surface area contributed by atoms with Crippen molar-refractivity contribution in [1.82, 2.24) is 0 Å². The van der Waals surface area contributed by atoms with Crippen LogP contribution in [0.25, 0.3) is 0 Å². The van der Waals surface area contributed by atoms with E-state index in [0.717, 1.165) is 49.2 Å². The van der Waals surface area contributed by atoms with E-state index in [1.807, 2.05) is 47.4 Å². The molecule has 152 valence electrons. The van der Waals surface area contributed by atoms with Gasteiger partial charge in [-0.2, -0.15) is 0 Å². The van der Waals surface area contributed by atoms with Crippen LogP contribution < -0.4 is 15.0 Å².